The smallest absolute Gasteiger partial charge is 0.308 e. The molecular formula is C17H13BrClF3N4O. The first-order chi connectivity index (χ1) is 12.6. The van der Waals surface area contributed by atoms with Gasteiger partial charge in [-0.2, -0.15) is 18.3 Å². The van der Waals surface area contributed by atoms with E-state index in [9.17, 15) is 18.0 Å². The molecule has 0 bridgehead atoms. The van der Waals surface area contributed by atoms with E-state index in [1.165, 1.54) is 0 Å². The van der Waals surface area contributed by atoms with Crippen LogP contribution in [0.15, 0.2) is 34.8 Å². The molecule has 27 heavy (non-hydrogen) atoms. The lowest BCUT2D eigenvalue weighted by molar-refractivity contribution is -0.138. The van der Waals surface area contributed by atoms with Crippen molar-refractivity contribution in [3.8, 4) is 0 Å². The zero-order valence-electron chi connectivity index (χ0n) is 14.1. The molecule has 0 saturated heterocycles. The summed E-state index contributed by atoms with van der Waals surface area (Å²) in [6.07, 6.45) is -4.59. The maximum Gasteiger partial charge on any atom is 0.417 e. The average molecular weight is 462 g/mol. The SMILES string of the molecule is Cc1c2ccc(NC(=O)Nc3cc(C(F)(F)F)c(Br)cc3Cl)cc2nn1C. The fraction of sp³-hybridized carbons (Fsp3) is 0.176. The fourth-order valence-corrected chi connectivity index (χ4v) is 3.47. The van der Waals surface area contributed by atoms with Gasteiger partial charge in [-0.05, 0) is 37.3 Å². The number of anilines is 2. The molecule has 10 heteroatoms. The topological polar surface area (TPSA) is 59.0 Å². The van der Waals surface area contributed by atoms with Crippen molar-refractivity contribution in [2.24, 2.45) is 7.05 Å². The van der Waals surface area contributed by atoms with Crippen molar-refractivity contribution in [3.63, 3.8) is 0 Å². The van der Waals surface area contributed by atoms with Crippen LogP contribution in [0.5, 0.6) is 0 Å². The quantitative estimate of drug-likeness (QED) is 0.495. The highest BCUT2D eigenvalue weighted by Crippen LogP contribution is 2.39. The Morgan fingerprint density at radius 1 is 1.22 bits per heavy atom. The molecule has 0 unspecified atom stereocenters. The molecule has 0 saturated carbocycles. The van der Waals surface area contributed by atoms with E-state index in [2.05, 4.69) is 31.7 Å². The molecule has 2 amide bonds. The van der Waals surface area contributed by atoms with Gasteiger partial charge in [-0.1, -0.05) is 27.5 Å². The minimum Gasteiger partial charge on any atom is -0.308 e. The largest absolute Gasteiger partial charge is 0.417 e. The minimum atomic E-state index is -4.59. The molecule has 0 aliphatic heterocycles. The van der Waals surface area contributed by atoms with Crippen LogP contribution in [0.3, 0.4) is 0 Å². The maximum atomic E-state index is 13.0. The lowest BCUT2D eigenvalue weighted by Crippen LogP contribution is -2.20. The van der Waals surface area contributed by atoms with Gasteiger partial charge in [0, 0.05) is 28.3 Å². The van der Waals surface area contributed by atoms with Crippen LogP contribution in [0.1, 0.15) is 11.3 Å². The number of carbonyl (C=O) groups excluding carboxylic acids is 1. The molecule has 1 aromatic heterocycles. The van der Waals surface area contributed by atoms with Crippen molar-refractivity contribution < 1.29 is 18.0 Å². The zero-order chi connectivity index (χ0) is 19.9. The van der Waals surface area contributed by atoms with Crippen LogP contribution in [0, 0.1) is 6.92 Å². The van der Waals surface area contributed by atoms with Crippen LogP contribution in [-0.4, -0.2) is 15.8 Å². The molecule has 0 aliphatic carbocycles. The van der Waals surface area contributed by atoms with Gasteiger partial charge >= 0.3 is 12.2 Å². The van der Waals surface area contributed by atoms with Gasteiger partial charge in [0.15, 0.2) is 0 Å². The summed E-state index contributed by atoms with van der Waals surface area (Å²) in [4.78, 5) is 12.2. The number of halogens is 5. The summed E-state index contributed by atoms with van der Waals surface area (Å²) in [6.45, 7) is 1.92. The highest BCUT2D eigenvalue weighted by molar-refractivity contribution is 9.10. The van der Waals surface area contributed by atoms with E-state index in [1.54, 1.807) is 16.8 Å². The van der Waals surface area contributed by atoms with Crippen molar-refractivity contribution in [1.82, 2.24) is 9.78 Å². The van der Waals surface area contributed by atoms with Crippen LogP contribution in [0.4, 0.5) is 29.3 Å². The van der Waals surface area contributed by atoms with Crippen molar-refractivity contribution in [3.05, 3.63) is 51.1 Å². The highest BCUT2D eigenvalue weighted by Gasteiger charge is 2.34. The Hall–Kier alpha value is -2.26. The number of hydrogen-bond donors (Lipinski definition) is 2. The number of carbonyl (C=O) groups is 1. The molecule has 142 valence electrons. The second-order valence-electron chi connectivity index (χ2n) is 5.83. The number of fused-ring (bicyclic) bond motifs is 1. The third-order valence-electron chi connectivity index (χ3n) is 4.00. The van der Waals surface area contributed by atoms with Gasteiger partial charge in [-0.25, -0.2) is 4.79 Å². The van der Waals surface area contributed by atoms with Crippen molar-refractivity contribution >= 4 is 55.8 Å². The normalized spacial score (nSPS) is 11.7. The molecule has 0 spiro atoms. The van der Waals surface area contributed by atoms with E-state index >= 15 is 0 Å². The number of aryl methyl sites for hydroxylation is 2. The summed E-state index contributed by atoms with van der Waals surface area (Å²) in [6, 6.07) is 6.30. The monoisotopic (exact) mass is 460 g/mol. The maximum absolute atomic E-state index is 13.0. The first kappa shape index (κ1) is 19.5. The number of amides is 2. The number of aromatic nitrogens is 2. The molecule has 0 fully saturated rings. The van der Waals surface area contributed by atoms with Crippen LogP contribution in [0.2, 0.25) is 5.02 Å². The van der Waals surface area contributed by atoms with Gasteiger partial charge in [-0.3, -0.25) is 4.68 Å². The second kappa shape index (κ2) is 7.05. The molecule has 5 nitrogen and oxygen atoms in total. The van der Waals surface area contributed by atoms with Crippen molar-refractivity contribution in [1.29, 1.82) is 0 Å². The Morgan fingerprint density at radius 2 is 1.93 bits per heavy atom. The molecule has 2 N–H and O–H groups in total. The summed E-state index contributed by atoms with van der Waals surface area (Å²) in [7, 11) is 1.81. The predicted octanol–water partition coefficient (Wildman–Crippen LogP) is 5.96. The minimum absolute atomic E-state index is 0.0270. The lowest BCUT2D eigenvalue weighted by atomic mass is 10.2. The van der Waals surface area contributed by atoms with E-state index < -0.39 is 17.8 Å². The summed E-state index contributed by atoms with van der Waals surface area (Å²) >= 11 is 8.77. The molecular weight excluding hydrogens is 449 g/mol. The molecule has 1 heterocycles. The van der Waals surface area contributed by atoms with Crippen molar-refractivity contribution in [2.45, 2.75) is 13.1 Å². The van der Waals surface area contributed by atoms with Gasteiger partial charge in [-0.15, -0.1) is 0 Å². The highest BCUT2D eigenvalue weighted by atomic mass is 79.9. The third kappa shape index (κ3) is 4.03. The van der Waals surface area contributed by atoms with Crippen LogP contribution < -0.4 is 10.6 Å². The van der Waals surface area contributed by atoms with Gasteiger partial charge in [0.25, 0.3) is 0 Å². The summed E-state index contributed by atoms with van der Waals surface area (Å²) < 4.78 is 40.6. The van der Waals surface area contributed by atoms with E-state index in [0.29, 0.717) is 11.2 Å². The standard InChI is InChI=1S/C17H13BrClF3N4O/c1-8-10-4-3-9(5-14(10)25-26(8)2)23-16(27)24-15-6-11(17(20,21)22)12(18)7-13(15)19/h3-7H,1-2H3,(H2,23,24,27). The summed E-state index contributed by atoms with van der Waals surface area (Å²) in [5.74, 6) is 0. The predicted molar refractivity (Wildman–Crippen MR) is 102 cm³/mol. The first-order valence-electron chi connectivity index (χ1n) is 7.64. The average Bonchev–Trinajstić information content (AvgIpc) is 2.83. The Bertz CT molecular complexity index is 1050. The Balaban J connectivity index is 1.82. The number of alkyl halides is 3. The van der Waals surface area contributed by atoms with E-state index in [-0.39, 0.29) is 15.2 Å². The van der Waals surface area contributed by atoms with Crippen LogP contribution in [0.25, 0.3) is 10.9 Å². The van der Waals surface area contributed by atoms with Crippen LogP contribution in [-0.2, 0) is 13.2 Å². The number of nitrogens with one attached hydrogen (secondary N) is 2. The van der Waals surface area contributed by atoms with Gasteiger partial charge in [0.05, 0.1) is 21.8 Å². The Kier molecular flexibility index (Phi) is 5.09. The summed E-state index contributed by atoms with van der Waals surface area (Å²) in [5, 5.41) is 10.1. The number of hydrogen-bond acceptors (Lipinski definition) is 2. The zero-order valence-corrected chi connectivity index (χ0v) is 16.4. The molecule has 0 aliphatic rings. The number of urea groups is 1. The fourth-order valence-electron chi connectivity index (χ4n) is 2.56. The third-order valence-corrected chi connectivity index (χ3v) is 4.97. The van der Waals surface area contributed by atoms with Gasteiger partial charge in [0.1, 0.15) is 0 Å². The molecule has 3 aromatic rings. The number of nitrogens with zero attached hydrogens (tertiary/aromatic N) is 2. The lowest BCUT2D eigenvalue weighted by Gasteiger charge is -2.14. The van der Waals surface area contributed by atoms with Crippen LogP contribution >= 0.6 is 27.5 Å². The number of benzene rings is 2. The Morgan fingerprint density at radius 3 is 2.59 bits per heavy atom. The molecule has 3 rings (SSSR count). The van der Waals surface area contributed by atoms with E-state index in [1.807, 2.05) is 20.0 Å². The molecule has 2 aromatic carbocycles. The van der Waals surface area contributed by atoms with Gasteiger partial charge in [0.2, 0.25) is 0 Å². The Labute approximate surface area is 165 Å². The summed E-state index contributed by atoms with van der Waals surface area (Å²) in [5.41, 5.74) is 1.02. The van der Waals surface area contributed by atoms with E-state index in [4.69, 9.17) is 11.6 Å². The van der Waals surface area contributed by atoms with Crippen molar-refractivity contribution in [2.75, 3.05) is 10.6 Å². The van der Waals surface area contributed by atoms with E-state index in [0.717, 1.165) is 23.2 Å². The second-order valence-corrected chi connectivity index (χ2v) is 7.09. The van der Waals surface area contributed by atoms with Gasteiger partial charge < -0.3 is 10.6 Å². The molecule has 0 atom stereocenters. The molecule has 0 radical (unpaired) electrons. The number of rotatable bonds is 2. The first-order valence-corrected chi connectivity index (χ1v) is 8.81.